The summed E-state index contributed by atoms with van der Waals surface area (Å²) in [6, 6.07) is 21.3. The molecule has 0 bridgehead atoms. The third kappa shape index (κ3) is 3.47. The van der Waals surface area contributed by atoms with Crippen LogP contribution in [0, 0.1) is 0 Å². The van der Waals surface area contributed by atoms with Gasteiger partial charge in [0.2, 0.25) is 0 Å². The molecule has 0 amide bonds. The van der Waals surface area contributed by atoms with Crippen LogP contribution in [0.15, 0.2) is 72.9 Å². The molecule has 0 saturated carbocycles. The van der Waals surface area contributed by atoms with Crippen molar-refractivity contribution < 1.29 is 0 Å². The van der Waals surface area contributed by atoms with Crippen LogP contribution in [0.25, 0.3) is 17.1 Å². The monoisotopic (exact) mass is 380 g/mol. The highest BCUT2D eigenvalue weighted by molar-refractivity contribution is 6.35. The smallest absolute Gasteiger partial charge is 0.176 e. The first kappa shape index (κ1) is 16.8. The minimum absolute atomic E-state index is 0.591. The molecule has 0 aliphatic rings. The number of aromatic nitrogens is 4. The summed E-state index contributed by atoms with van der Waals surface area (Å²) in [7, 11) is 0. The van der Waals surface area contributed by atoms with E-state index in [1.807, 2.05) is 60.7 Å². The van der Waals surface area contributed by atoms with E-state index < -0.39 is 0 Å². The second kappa shape index (κ2) is 7.28. The van der Waals surface area contributed by atoms with Crippen LogP contribution in [0.3, 0.4) is 0 Å². The highest BCUT2D eigenvalue weighted by atomic mass is 35.5. The van der Waals surface area contributed by atoms with Crippen molar-refractivity contribution in [3.63, 3.8) is 0 Å². The molecule has 128 valence electrons. The van der Waals surface area contributed by atoms with Crippen LogP contribution in [0.1, 0.15) is 11.3 Å². The van der Waals surface area contributed by atoms with Gasteiger partial charge in [0.1, 0.15) is 0 Å². The average molecular weight is 381 g/mol. The molecule has 0 saturated heterocycles. The molecular weight excluding hydrogens is 367 g/mol. The van der Waals surface area contributed by atoms with E-state index in [1.165, 1.54) is 0 Å². The predicted molar refractivity (Wildman–Crippen MR) is 104 cm³/mol. The highest BCUT2D eigenvalue weighted by Crippen LogP contribution is 2.24. The molecule has 4 rings (SSSR count). The second-order valence-corrected chi connectivity index (χ2v) is 6.63. The van der Waals surface area contributed by atoms with Gasteiger partial charge in [-0.1, -0.05) is 59.6 Å². The zero-order valence-electron chi connectivity index (χ0n) is 13.7. The van der Waals surface area contributed by atoms with E-state index in [9.17, 15) is 0 Å². The minimum Gasteiger partial charge on any atom is -0.213 e. The van der Waals surface area contributed by atoms with E-state index in [4.69, 9.17) is 23.2 Å². The van der Waals surface area contributed by atoms with Crippen molar-refractivity contribution in [2.45, 2.75) is 6.42 Å². The van der Waals surface area contributed by atoms with Crippen molar-refractivity contribution in [1.82, 2.24) is 20.0 Å². The minimum atomic E-state index is 0.591. The molecule has 2 aromatic heterocycles. The van der Waals surface area contributed by atoms with Gasteiger partial charge >= 0.3 is 0 Å². The van der Waals surface area contributed by atoms with E-state index in [0.29, 0.717) is 22.3 Å². The molecule has 2 aromatic carbocycles. The molecule has 0 spiro atoms. The molecule has 4 aromatic rings. The zero-order chi connectivity index (χ0) is 17.9. The first-order chi connectivity index (χ1) is 12.7. The fraction of sp³-hybridized carbons (Fsp3) is 0.0500. The van der Waals surface area contributed by atoms with Crippen LogP contribution < -0.4 is 0 Å². The molecule has 0 N–H and O–H groups in total. The second-order valence-electron chi connectivity index (χ2n) is 5.79. The van der Waals surface area contributed by atoms with E-state index >= 15 is 0 Å². The lowest BCUT2D eigenvalue weighted by Gasteiger charge is -2.08. The van der Waals surface area contributed by atoms with Crippen molar-refractivity contribution in [1.29, 1.82) is 0 Å². The summed E-state index contributed by atoms with van der Waals surface area (Å²) in [5.74, 6) is 0.666. The number of rotatable bonds is 4. The molecule has 0 atom stereocenters. The van der Waals surface area contributed by atoms with Gasteiger partial charge in [0, 0.05) is 22.0 Å². The Hall–Kier alpha value is -2.69. The number of hydrogen-bond donors (Lipinski definition) is 0. The molecular formula is C20H14Cl2N4. The van der Waals surface area contributed by atoms with E-state index in [1.54, 1.807) is 16.9 Å². The Bertz CT molecular complexity index is 1030. The maximum absolute atomic E-state index is 6.23. The Labute approximate surface area is 161 Å². The molecule has 2 heterocycles. The molecule has 6 heteroatoms. The van der Waals surface area contributed by atoms with Crippen molar-refractivity contribution in [3.8, 4) is 17.1 Å². The summed E-state index contributed by atoms with van der Waals surface area (Å²) in [5.41, 5.74) is 3.82. The van der Waals surface area contributed by atoms with Gasteiger partial charge in [-0.2, -0.15) is 10.2 Å². The topological polar surface area (TPSA) is 43.6 Å². The van der Waals surface area contributed by atoms with Gasteiger partial charge in [0.15, 0.2) is 5.82 Å². The van der Waals surface area contributed by atoms with E-state index in [2.05, 4.69) is 15.3 Å². The van der Waals surface area contributed by atoms with Crippen LogP contribution in [0.2, 0.25) is 10.0 Å². The van der Waals surface area contributed by atoms with E-state index in [0.717, 1.165) is 22.5 Å². The Morgan fingerprint density at radius 1 is 0.846 bits per heavy atom. The fourth-order valence-corrected chi connectivity index (χ4v) is 3.21. The van der Waals surface area contributed by atoms with Crippen LogP contribution in [0.4, 0.5) is 0 Å². The molecule has 0 radical (unpaired) electrons. The molecule has 0 fully saturated rings. The lowest BCUT2D eigenvalue weighted by Crippen LogP contribution is -2.04. The van der Waals surface area contributed by atoms with Crippen LogP contribution in [-0.2, 0) is 6.42 Å². The number of nitrogens with zero attached hydrogens (tertiary/aromatic N) is 4. The SMILES string of the molecule is Clc1ccc(Cc2ccc(-n3nccc3-c3ccccc3)nn2)c(Cl)c1. The largest absolute Gasteiger partial charge is 0.213 e. The molecule has 0 aliphatic heterocycles. The zero-order valence-corrected chi connectivity index (χ0v) is 15.2. The standard InChI is InChI=1S/C20H14Cl2N4/c21-16-7-6-15(18(22)13-16)12-17-8-9-20(25-24-17)26-19(10-11-23-26)14-4-2-1-3-5-14/h1-11,13H,12H2. The lowest BCUT2D eigenvalue weighted by atomic mass is 10.1. The van der Waals surface area contributed by atoms with Crippen LogP contribution >= 0.6 is 23.2 Å². The van der Waals surface area contributed by atoms with Crippen LogP contribution in [0.5, 0.6) is 0 Å². The Morgan fingerprint density at radius 3 is 2.42 bits per heavy atom. The third-order valence-corrected chi connectivity index (χ3v) is 4.61. The molecule has 4 nitrogen and oxygen atoms in total. The predicted octanol–water partition coefficient (Wildman–Crippen LogP) is 5.23. The number of halogens is 2. The summed E-state index contributed by atoms with van der Waals surface area (Å²) in [6.45, 7) is 0. The molecule has 26 heavy (non-hydrogen) atoms. The average Bonchev–Trinajstić information content (AvgIpc) is 3.15. The quantitative estimate of drug-likeness (QED) is 0.486. The number of hydrogen-bond acceptors (Lipinski definition) is 3. The van der Waals surface area contributed by atoms with Crippen molar-refractivity contribution in [3.05, 3.63) is 94.2 Å². The normalized spacial score (nSPS) is 10.8. The fourth-order valence-electron chi connectivity index (χ4n) is 2.73. The van der Waals surface area contributed by atoms with Gasteiger partial charge < -0.3 is 0 Å². The summed E-state index contributed by atoms with van der Waals surface area (Å²) < 4.78 is 1.78. The van der Waals surface area contributed by atoms with E-state index in [-0.39, 0.29) is 0 Å². The first-order valence-electron chi connectivity index (χ1n) is 8.07. The number of benzene rings is 2. The van der Waals surface area contributed by atoms with Crippen molar-refractivity contribution in [2.24, 2.45) is 0 Å². The summed E-state index contributed by atoms with van der Waals surface area (Å²) in [5, 5.41) is 14.3. The highest BCUT2D eigenvalue weighted by Gasteiger charge is 2.10. The third-order valence-electron chi connectivity index (χ3n) is 4.02. The van der Waals surface area contributed by atoms with Gasteiger partial charge in [-0.3, -0.25) is 0 Å². The maximum atomic E-state index is 6.23. The maximum Gasteiger partial charge on any atom is 0.176 e. The summed E-state index contributed by atoms with van der Waals surface area (Å²) in [4.78, 5) is 0. The summed E-state index contributed by atoms with van der Waals surface area (Å²) in [6.07, 6.45) is 2.35. The Balaban J connectivity index is 1.60. The van der Waals surface area contributed by atoms with Gasteiger partial charge in [0.05, 0.1) is 17.6 Å². The molecule has 0 unspecified atom stereocenters. The van der Waals surface area contributed by atoms with Crippen LogP contribution in [-0.4, -0.2) is 20.0 Å². The first-order valence-corrected chi connectivity index (χ1v) is 8.83. The van der Waals surface area contributed by atoms with Crippen molar-refractivity contribution in [2.75, 3.05) is 0 Å². The Kier molecular flexibility index (Phi) is 4.69. The Morgan fingerprint density at radius 2 is 1.69 bits per heavy atom. The molecule has 0 aliphatic carbocycles. The van der Waals surface area contributed by atoms with Gasteiger partial charge in [-0.15, -0.1) is 5.10 Å². The lowest BCUT2D eigenvalue weighted by molar-refractivity contribution is 0.805. The van der Waals surface area contributed by atoms with Gasteiger partial charge in [0.25, 0.3) is 0 Å². The van der Waals surface area contributed by atoms with Crippen molar-refractivity contribution >= 4 is 23.2 Å². The van der Waals surface area contributed by atoms with Gasteiger partial charge in [-0.05, 0) is 35.9 Å². The summed E-state index contributed by atoms with van der Waals surface area (Å²) >= 11 is 12.2. The van der Waals surface area contributed by atoms with Gasteiger partial charge in [-0.25, -0.2) is 4.68 Å².